The van der Waals surface area contributed by atoms with Gasteiger partial charge in [-0.3, -0.25) is 0 Å². The lowest BCUT2D eigenvalue weighted by molar-refractivity contribution is 0.672. The molecule has 302 valence electrons. The van der Waals surface area contributed by atoms with E-state index in [1.54, 1.807) is 0 Å². The molecule has 0 N–H and O–H groups in total. The van der Waals surface area contributed by atoms with E-state index in [1.165, 1.54) is 77.4 Å². The van der Waals surface area contributed by atoms with E-state index < -0.39 is 5.41 Å². The molecule has 11 aromatic carbocycles. The third kappa shape index (κ3) is 5.05. The number of benzene rings is 11. The lowest BCUT2D eigenvalue weighted by atomic mass is 9.70. The maximum atomic E-state index is 7.06. The fourth-order valence-electron chi connectivity index (χ4n) is 11.6. The molecule has 2 nitrogen and oxygen atoms in total. The van der Waals surface area contributed by atoms with Gasteiger partial charge in [-0.1, -0.05) is 194 Å². The SMILES string of the molecule is c1ccc(-c2cccc(N(c3cccc4c3-c3ccccc3C43c4ccccc4-c4ccccc43)c3cccc4oc5c6ccccc6c(-c6ccc7ccccc7c6)cc5c34)c2)cc1. The first-order valence-electron chi connectivity index (χ1n) is 22.5. The first-order chi connectivity index (χ1) is 32.3. The maximum Gasteiger partial charge on any atom is 0.143 e. The molecule has 2 heteroatoms. The van der Waals surface area contributed by atoms with Crippen molar-refractivity contribution >= 4 is 60.5 Å². The van der Waals surface area contributed by atoms with E-state index in [-0.39, 0.29) is 0 Å². The number of hydrogen-bond acceptors (Lipinski definition) is 2. The van der Waals surface area contributed by atoms with E-state index in [0.717, 1.165) is 50.0 Å². The molecule has 1 aromatic heterocycles. The van der Waals surface area contributed by atoms with Crippen LogP contribution in [0.1, 0.15) is 22.3 Å². The van der Waals surface area contributed by atoms with E-state index in [9.17, 15) is 0 Å². The molecule has 0 unspecified atom stereocenters. The van der Waals surface area contributed by atoms with Crippen molar-refractivity contribution in [2.24, 2.45) is 0 Å². The molecule has 2 aliphatic carbocycles. The minimum atomic E-state index is -0.477. The van der Waals surface area contributed by atoms with Crippen LogP contribution in [-0.4, -0.2) is 0 Å². The minimum absolute atomic E-state index is 0.477. The molecule has 65 heavy (non-hydrogen) atoms. The van der Waals surface area contributed by atoms with E-state index in [0.29, 0.717) is 0 Å². The van der Waals surface area contributed by atoms with E-state index in [1.807, 2.05) is 0 Å². The maximum absolute atomic E-state index is 7.06. The Morgan fingerprint density at radius 3 is 1.74 bits per heavy atom. The lowest BCUT2D eigenvalue weighted by Gasteiger charge is -2.32. The number of anilines is 3. The normalized spacial score (nSPS) is 13.0. The predicted molar refractivity (Wildman–Crippen MR) is 271 cm³/mol. The van der Waals surface area contributed by atoms with Crippen LogP contribution in [0.25, 0.3) is 88.0 Å². The van der Waals surface area contributed by atoms with Gasteiger partial charge in [0.1, 0.15) is 11.2 Å². The molecule has 12 aromatic rings. The highest BCUT2D eigenvalue weighted by Gasteiger charge is 2.52. The summed E-state index contributed by atoms with van der Waals surface area (Å²) in [7, 11) is 0. The van der Waals surface area contributed by atoms with Gasteiger partial charge >= 0.3 is 0 Å². The summed E-state index contributed by atoms with van der Waals surface area (Å²) >= 11 is 0. The van der Waals surface area contributed by atoms with Crippen molar-refractivity contribution in [3.05, 3.63) is 259 Å². The highest BCUT2D eigenvalue weighted by atomic mass is 16.3. The zero-order valence-electron chi connectivity index (χ0n) is 35.4. The van der Waals surface area contributed by atoms with Crippen molar-refractivity contribution in [2.45, 2.75) is 5.41 Å². The van der Waals surface area contributed by atoms with Gasteiger partial charge in [0.2, 0.25) is 0 Å². The standard InChI is InChI=1S/C63H39NO/c1-2-17-40(18-3-1)43-21-14-22-45(38-43)64(57-32-15-31-56-60(57)50-27-10-13-30-55(50)63(56)53-28-11-8-24-47(53)48-25-9-12-29-54(48)63)58-33-16-34-59-61(58)52-39-51(46-23-6-7-26-49(46)62(52)65-59)44-36-35-41-19-4-5-20-42(41)37-44/h1-39H. The molecule has 0 fully saturated rings. The van der Waals surface area contributed by atoms with Gasteiger partial charge < -0.3 is 9.32 Å². The Morgan fingerprint density at radius 2 is 0.938 bits per heavy atom. The number of furan rings is 1. The first-order valence-corrected chi connectivity index (χ1v) is 22.5. The van der Waals surface area contributed by atoms with Gasteiger partial charge in [-0.15, -0.1) is 0 Å². The molecule has 14 rings (SSSR count). The minimum Gasteiger partial charge on any atom is -0.455 e. The van der Waals surface area contributed by atoms with Crippen molar-refractivity contribution in [1.82, 2.24) is 0 Å². The van der Waals surface area contributed by atoms with Crippen LogP contribution in [0, 0.1) is 0 Å². The summed E-state index contributed by atoms with van der Waals surface area (Å²) in [5, 5.41) is 6.89. The summed E-state index contributed by atoms with van der Waals surface area (Å²) in [6, 6.07) is 87.0. The highest BCUT2D eigenvalue weighted by Crippen LogP contribution is 2.65. The Labute approximate surface area is 376 Å². The van der Waals surface area contributed by atoms with Crippen LogP contribution < -0.4 is 4.90 Å². The first kappa shape index (κ1) is 36.1. The average molecular weight is 826 g/mol. The monoisotopic (exact) mass is 825 g/mol. The van der Waals surface area contributed by atoms with E-state index in [2.05, 4.69) is 241 Å². The Kier molecular flexibility index (Phi) is 7.64. The van der Waals surface area contributed by atoms with Crippen LogP contribution >= 0.6 is 0 Å². The Morgan fingerprint density at radius 1 is 0.338 bits per heavy atom. The second-order valence-electron chi connectivity index (χ2n) is 17.5. The summed E-state index contributed by atoms with van der Waals surface area (Å²) in [6.45, 7) is 0. The van der Waals surface area contributed by atoms with Gasteiger partial charge in [0.05, 0.1) is 22.2 Å². The number of rotatable bonds is 5. The Balaban J connectivity index is 1.09. The van der Waals surface area contributed by atoms with Gasteiger partial charge in [-0.25, -0.2) is 0 Å². The van der Waals surface area contributed by atoms with Gasteiger partial charge in [-0.05, 0) is 120 Å². The molecule has 0 saturated carbocycles. The third-order valence-corrected chi connectivity index (χ3v) is 14.2. The molecule has 0 saturated heterocycles. The van der Waals surface area contributed by atoms with E-state index in [4.69, 9.17) is 4.42 Å². The molecule has 0 bridgehead atoms. The topological polar surface area (TPSA) is 16.4 Å². The van der Waals surface area contributed by atoms with Crippen LogP contribution in [0.5, 0.6) is 0 Å². The van der Waals surface area contributed by atoms with Gasteiger partial charge in [-0.2, -0.15) is 0 Å². The van der Waals surface area contributed by atoms with Gasteiger partial charge in [0, 0.05) is 22.0 Å². The molecule has 1 heterocycles. The summed E-state index contributed by atoms with van der Waals surface area (Å²) in [5.41, 5.74) is 19.6. The lowest BCUT2D eigenvalue weighted by Crippen LogP contribution is -2.26. The van der Waals surface area contributed by atoms with E-state index >= 15 is 0 Å². The molecular weight excluding hydrogens is 787 g/mol. The molecule has 0 aliphatic heterocycles. The van der Waals surface area contributed by atoms with Crippen LogP contribution in [0.3, 0.4) is 0 Å². The molecule has 2 aliphatic rings. The summed E-state index contributed by atoms with van der Waals surface area (Å²) in [6.07, 6.45) is 0. The third-order valence-electron chi connectivity index (χ3n) is 14.2. The molecule has 1 spiro atoms. The molecule has 0 amide bonds. The van der Waals surface area contributed by atoms with Crippen LogP contribution in [0.4, 0.5) is 17.1 Å². The van der Waals surface area contributed by atoms with Crippen molar-refractivity contribution in [3.8, 4) is 44.5 Å². The summed E-state index contributed by atoms with van der Waals surface area (Å²) < 4.78 is 7.06. The van der Waals surface area contributed by atoms with Crippen LogP contribution in [0.2, 0.25) is 0 Å². The summed E-state index contributed by atoms with van der Waals surface area (Å²) in [5.74, 6) is 0. The second kappa shape index (κ2) is 13.8. The fourth-order valence-corrected chi connectivity index (χ4v) is 11.6. The molecule has 0 atom stereocenters. The number of fused-ring (bicyclic) bond motifs is 16. The zero-order chi connectivity index (χ0) is 42.6. The second-order valence-corrected chi connectivity index (χ2v) is 17.5. The zero-order valence-corrected chi connectivity index (χ0v) is 35.4. The number of nitrogens with zero attached hydrogens (tertiary/aromatic N) is 1. The molecular formula is C63H39NO. The summed E-state index contributed by atoms with van der Waals surface area (Å²) in [4.78, 5) is 2.51. The van der Waals surface area contributed by atoms with Crippen molar-refractivity contribution in [2.75, 3.05) is 4.90 Å². The van der Waals surface area contributed by atoms with Crippen LogP contribution in [-0.2, 0) is 5.41 Å². The largest absolute Gasteiger partial charge is 0.455 e. The smallest absolute Gasteiger partial charge is 0.143 e. The van der Waals surface area contributed by atoms with Crippen molar-refractivity contribution < 1.29 is 4.42 Å². The average Bonchev–Trinajstić information content (AvgIpc) is 4.02. The predicted octanol–water partition coefficient (Wildman–Crippen LogP) is 17.0. The Bertz CT molecular complexity index is 3870. The van der Waals surface area contributed by atoms with Gasteiger partial charge in [0.15, 0.2) is 0 Å². The van der Waals surface area contributed by atoms with Crippen molar-refractivity contribution in [1.29, 1.82) is 0 Å². The fraction of sp³-hybridized carbons (Fsp3) is 0.0159. The number of hydrogen-bond donors (Lipinski definition) is 0. The quantitative estimate of drug-likeness (QED) is 0.172. The van der Waals surface area contributed by atoms with Gasteiger partial charge in [0.25, 0.3) is 0 Å². The van der Waals surface area contributed by atoms with Crippen molar-refractivity contribution in [3.63, 3.8) is 0 Å². The van der Waals surface area contributed by atoms with Crippen LogP contribution in [0.15, 0.2) is 241 Å². The Hall–Kier alpha value is -8.46. The molecule has 0 radical (unpaired) electrons. The highest BCUT2D eigenvalue weighted by molar-refractivity contribution is 6.23.